The van der Waals surface area contributed by atoms with Gasteiger partial charge in [0.05, 0.1) is 17.3 Å². The number of hydrogen-bond acceptors (Lipinski definition) is 4. The van der Waals surface area contributed by atoms with Gasteiger partial charge in [-0.1, -0.05) is 19.1 Å². The zero-order valence-corrected chi connectivity index (χ0v) is 11.1. The Balaban J connectivity index is 2.48. The van der Waals surface area contributed by atoms with E-state index in [1.807, 2.05) is 38.1 Å². The topological polar surface area (TPSA) is 61.6 Å². The maximum Gasteiger partial charge on any atom is 0.131 e. The van der Waals surface area contributed by atoms with Crippen molar-refractivity contribution in [3.63, 3.8) is 0 Å². The Morgan fingerprint density at radius 3 is 2.74 bits per heavy atom. The van der Waals surface area contributed by atoms with Gasteiger partial charge in [0, 0.05) is 24.6 Å². The van der Waals surface area contributed by atoms with Crippen molar-refractivity contribution in [1.82, 2.24) is 9.97 Å². The van der Waals surface area contributed by atoms with Crippen molar-refractivity contribution in [2.45, 2.75) is 20.3 Å². The average molecular weight is 252 g/mol. The van der Waals surface area contributed by atoms with Crippen molar-refractivity contribution in [2.24, 2.45) is 0 Å². The Labute approximate surface area is 113 Å². The van der Waals surface area contributed by atoms with E-state index in [2.05, 4.69) is 21.4 Å². The van der Waals surface area contributed by atoms with Gasteiger partial charge in [-0.25, -0.2) is 9.97 Å². The van der Waals surface area contributed by atoms with Crippen molar-refractivity contribution in [3.8, 4) is 17.3 Å². The van der Waals surface area contributed by atoms with Gasteiger partial charge in [0.1, 0.15) is 11.6 Å². The summed E-state index contributed by atoms with van der Waals surface area (Å²) in [5.41, 5.74) is 2.43. The molecule has 4 nitrogen and oxygen atoms in total. The van der Waals surface area contributed by atoms with Gasteiger partial charge in [-0.3, -0.25) is 0 Å². The number of nitriles is 1. The smallest absolute Gasteiger partial charge is 0.131 e. The Hall–Kier alpha value is -2.41. The van der Waals surface area contributed by atoms with Crippen LogP contribution in [-0.2, 0) is 6.42 Å². The van der Waals surface area contributed by atoms with E-state index in [1.54, 1.807) is 6.07 Å². The Kier molecular flexibility index (Phi) is 4.09. The van der Waals surface area contributed by atoms with Crippen LogP contribution in [0.15, 0.2) is 30.3 Å². The largest absolute Gasteiger partial charge is 0.370 e. The molecule has 0 aliphatic heterocycles. The molecule has 0 aliphatic rings. The molecular formula is C15H16N4. The minimum Gasteiger partial charge on any atom is -0.370 e. The maximum absolute atomic E-state index is 8.95. The molecule has 96 valence electrons. The first kappa shape index (κ1) is 13.0. The summed E-state index contributed by atoms with van der Waals surface area (Å²) in [6.45, 7) is 4.88. The zero-order chi connectivity index (χ0) is 13.7. The second kappa shape index (κ2) is 5.96. The minimum atomic E-state index is 0.638. The highest BCUT2D eigenvalue weighted by Gasteiger charge is 2.06. The summed E-state index contributed by atoms with van der Waals surface area (Å²) in [6.07, 6.45) is 0.782. The molecule has 4 heteroatoms. The number of anilines is 1. The molecule has 1 N–H and O–H groups in total. The molecular weight excluding hydrogens is 236 g/mol. The summed E-state index contributed by atoms with van der Waals surface area (Å²) < 4.78 is 0. The van der Waals surface area contributed by atoms with E-state index in [4.69, 9.17) is 5.26 Å². The van der Waals surface area contributed by atoms with Crippen molar-refractivity contribution in [2.75, 3.05) is 11.9 Å². The predicted octanol–water partition coefficient (Wildman–Crippen LogP) is 3.01. The first-order chi connectivity index (χ1) is 9.26. The third-order valence-corrected chi connectivity index (χ3v) is 2.73. The minimum absolute atomic E-state index is 0.638. The highest BCUT2D eigenvalue weighted by atomic mass is 15.0. The number of aromatic nitrogens is 2. The molecule has 0 radical (unpaired) electrons. The zero-order valence-electron chi connectivity index (χ0n) is 11.1. The summed E-state index contributed by atoms with van der Waals surface area (Å²) in [6, 6.07) is 11.5. The van der Waals surface area contributed by atoms with Crippen LogP contribution >= 0.6 is 0 Å². The summed E-state index contributed by atoms with van der Waals surface area (Å²) in [5, 5.41) is 12.2. The van der Waals surface area contributed by atoms with Crippen LogP contribution in [0.1, 0.15) is 25.2 Å². The summed E-state index contributed by atoms with van der Waals surface area (Å²) in [7, 11) is 0. The van der Waals surface area contributed by atoms with Crippen LogP contribution in [0.5, 0.6) is 0 Å². The quantitative estimate of drug-likeness (QED) is 0.908. The molecule has 1 heterocycles. The summed E-state index contributed by atoms with van der Waals surface area (Å²) >= 11 is 0. The average Bonchev–Trinajstić information content (AvgIpc) is 2.47. The lowest BCUT2D eigenvalue weighted by Gasteiger charge is -2.08. The number of hydrogen-bond donors (Lipinski definition) is 1. The van der Waals surface area contributed by atoms with Crippen LogP contribution in [0.3, 0.4) is 0 Å². The van der Waals surface area contributed by atoms with Crippen LogP contribution in [0, 0.1) is 11.3 Å². The van der Waals surface area contributed by atoms with E-state index in [0.29, 0.717) is 5.56 Å². The van der Waals surface area contributed by atoms with Crippen LogP contribution in [0.2, 0.25) is 0 Å². The fourth-order valence-corrected chi connectivity index (χ4v) is 1.82. The Morgan fingerprint density at radius 2 is 2.05 bits per heavy atom. The highest BCUT2D eigenvalue weighted by molar-refractivity contribution is 5.64. The summed E-state index contributed by atoms with van der Waals surface area (Å²) in [5.74, 6) is 1.63. The van der Waals surface area contributed by atoms with E-state index in [1.165, 1.54) is 0 Å². The third kappa shape index (κ3) is 3.08. The monoisotopic (exact) mass is 252 g/mol. The second-order valence-corrected chi connectivity index (χ2v) is 4.13. The van der Waals surface area contributed by atoms with E-state index >= 15 is 0 Å². The predicted molar refractivity (Wildman–Crippen MR) is 75.7 cm³/mol. The Bertz CT molecular complexity index is 614. The van der Waals surface area contributed by atoms with Gasteiger partial charge in [0.25, 0.3) is 0 Å². The van der Waals surface area contributed by atoms with Crippen LogP contribution in [0.4, 0.5) is 5.82 Å². The fourth-order valence-electron chi connectivity index (χ4n) is 1.82. The fraction of sp³-hybridized carbons (Fsp3) is 0.267. The first-order valence-corrected chi connectivity index (χ1v) is 6.39. The van der Waals surface area contributed by atoms with Crippen LogP contribution < -0.4 is 5.32 Å². The van der Waals surface area contributed by atoms with Gasteiger partial charge in [-0.15, -0.1) is 0 Å². The lowest BCUT2D eigenvalue weighted by atomic mass is 10.1. The maximum atomic E-state index is 8.95. The van der Waals surface area contributed by atoms with Gasteiger partial charge in [-0.2, -0.15) is 5.26 Å². The summed E-state index contributed by atoms with van der Waals surface area (Å²) in [4.78, 5) is 8.94. The number of rotatable bonds is 4. The van der Waals surface area contributed by atoms with Crippen LogP contribution in [0.25, 0.3) is 11.3 Å². The van der Waals surface area contributed by atoms with E-state index in [-0.39, 0.29) is 0 Å². The van der Waals surface area contributed by atoms with Crippen molar-refractivity contribution in [1.29, 1.82) is 5.26 Å². The SMILES string of the molecule is CCNc1cc(-c2cccc(C#N)c2)nc(CC)n1. The lowest BCUT2D eigenvalue weighted by molar-refractivity contribution is 0.939. The molecule has 1 aromatic carbocycles. The number of nitrogens with zero attached hydrogens (tertiary/aromatic N) is 3. The molecule has 0 aliphatic carbocycles. The molecule has 2 rings (SSSR count). The van der Waals surface area contributed by atoms with E-state index in [0.717, 1.165) is 35.9 Å². The molecule has 0 atom stereocenters. The highest BCUT2D eigenvalue weighted by Crippen LogP contribution is 2.21. The number of benzene rings is 1. The molecule has 0 bridgehead atoms. The van der Waals surface area contributed by atoms with Crippen molar-refractivity contribution in [3.05, 3.63) is 41.7 Å². The molecule has 0 fully saturated rings. The second-order valence-electron chi connectivity index (χ2n) is 4.13. The molecule has 0 unspecified atom stereocenters. The van der Waals surface area contributed by atoms with Gasteiger partial charge in [-0.05, 0) is 19.1 Å². The van der Waals surface area contributed by atoms with Gasteiger partial charge in [0.2, 0.25) is 0 Å². The Morgan fingerprint density at radius 1 is 1.21 bits per heavy atom. The van der Waals surface area contributed by atoms with Crippen LogP contribution in [-0.4, -0.2) is 16.5 Å². The molecule has 0 amide bonds. The van der Waals surface area contributed by atoms with Crippen molar-refractivity contribution >= 4 is 5.82 Å². The van der Waals surface area contributed by atoms with E-state index < -0.39 is 0 Å². The normalized spacial score (nSPS) is 9.95. The molecule has 2 aromatic rings. The first-order valence-electron chi connectivity index (χ1n) is 6.39. The standard InChI is InChI=1S/C15H16N4/c1-3-14-18-13(9-15(19-14)17-4-2)12-7-5-6-11(8-12)10-16/h5-9H,3-4H2,1-2H3,(H,17,18,19). The van der Waals surface area contributed by atoms with Gasteiger partial charge >= 0.3 is 0 Å². The van der Waals surface area contributed by atoms with Crippen molar-refractivity contribution < 1.29 is 0 Å². The molecule has 0 saturated carbocycles. The lowest BCUT2D eigenvalue weighted by Crippen LogP contribution is -2.04. The third-order valence-electron chi connectivity index (χ3n) is 2.73. The number of aryl methyl sites for hydroxylation is 1. The molecule has 1 aromatic heterocycles. The van der Waals surface area contributed by atoms with Gasteiger partial charge in [0.15, 0.2) is 0 Å². The van der Waals surface area contributed by atoms with Gasteiger partial charge < -0.3 is 5.32 Å². The molecule has 19 heavy (non-hydrogen) atoms. The molecule has 0 spiro atoms. The number of nitrogens with one attached hydrogen (secondary N) is 1. The van der Waals surface area contributed by atoms with E-state index in [9.17, 15) is 0 Å². The molecule has 0 saturated heterocycles.